The average Bonchev–Trinajstić information content (AvgIpc) is 2.94. The molecular weight excluding hydrogens is 498 g/mol. The Morgan fingerprint density at radius 3 is 1.58 bits per heavy atom. The molecule has 0 aliphatic heterocycles. The standard InChI is InChI=1S/C32H22ClNO4/c35-33(36,37)38-30-21-20-29-27(22-23-12-10-11-19-28(23)34-29)31(30)32(24-13-4-1-5-14-24,25-15-6-2-7-16-25)26-17-8-3-9-18-26/h1-22H. The molecule has 0 fully saturated rings. The number of hydrogen-bond donors (Lipinski definition) is 0. The maximum Gasteiger partial charge on any atom is 0.293 e. The number of rotatable bonds is 6. The minimum atomic E-state index is -4.77. The fourth-order valence-electron chi connectivity index (χ4n) is 5.38. The molecule has 1 aromatic heterocycles. The Balaban J connectivity index is 1.86. The van der Waals surface area contributed by atoms with Crippen LogP contribution in [-0.2, 0) is 5.41 Å². The normalized spacial score (nSPS) is 12.1. The van der Waals surface area contributed by atoms with Crippen LogP contribution in [0.15, 0.2) is 133 Å². The summed E-state index contributed by atoms with van der Waals surface area (Å²) in [5, 5.41) is 1.56. The van der Waals surface area contributed by atoms with E-state index in [4.69, 9.17) is 9.27 Å². The summed E-state index contributed by atoms with van der Waals surface area (Å²) in [5.41, 5.74) is 3.55. The molecule has 6 rings (SSSR count). The van der Waals surface area contributed by atoms with E-state index >= 15 is 0 Å². The fourth-order valence-corrected chi connectivity index (χ4v) is 5.71. The van der Waals surface area contributed by atoms with Gasteiger partial charge < -0.3 is 0 Å². The van der Waals surface area contributed by atoms with E-state index in [0.717, 1.165) is 27.6 Å². The Bertz CT molecular complexity index is 1620. The predicted octanol–water partition coefficient (Wildman–Crippen LogP) is 4.05. The monoisotopic (exact) mass is 519 g/mol. The average molecular weight is 520 g/mol. The number of para-hydroxylation sites is 1. The van der Waals surface area contributed by atoms with Crippen LogP contribution in [0.2, 0.25) is 0 Å². The molecule has 6 heteroatoms. The van der Waals surface area contributed by atoms with Gasteiger partial charge in [0.25, 0.3) is 5.75 Å². The van der Waals surface area contributed by atoms with Crippen molar-refractivity contribution in [1.29, 1.82) is 0 Å². The largest absolute Gasteiger partial charge is 0.293 e. The van der Waals surface area contributed by atoms with Crippen LogP contribution in [0, 0.1) is 10.2 Å². The molecule has 38 heavy (non-hydrogen) atoms. The minimum Gasteiger partial charge on any atom is -0.248 e. The Morgan fingerprint density at radius 2 is 1.05 bits per heavy atom. The number of benzene rings is 5. The van der Waals surface area contributed by atoms with E-state index in [2.05, 4.69) is 0 Å². The predicted molar refractivity (Wildman–Crippen MR) is 138 cm³/mol. The fraction of sp³-hybridized carbons (Fsp3) is 0.0312. The van der Waals surface area contributed by atoms with Crippen molar-refractivity contribution in [2.24, 2.45) is 0 Å². The molecule has 1 heterocycles. The summed E-state index contributed by atoms with van der Waals surface area (Å²) in [5.74, 6) is -0.0530. The number of halogens is 1. The maximum atomic E-state index is 12.0. The Kier molecular flexibility index (Phi) is 6.06. The zero-order valence-electron chi connectivity index (χ0n) is 20.2. The van der Waals surface area contributed by atoms with Crippen molar-refractivity contribution in [3.63, 3.8) is 0 Å². The van der Waals surface area contributed by atoms with E-state index in [-0.39, 0.29) is 5.75 Å². The van der Waals surface area contributed by atoms with Gasteiger partial charge in [0.2, 0.25) is 0 Å². The highest BCUT2D eigenvalue weighted by atomic mass is 35.7. The summed E-state index contributed by atoms with van der Waals surface area (Å²) in [6.07, 6.45) is 0. The van der Waals surface area contributed by atoms with Gasteiger partial charge in [-0.25, -0.2) is 4.98 Å². The third-order valence-electron chi connectivity index (χ3n) is 6.83. The van der Waals surface area contributed by atoms with Crippen LogP contribution in [0.25, 0.3) is 21.8 Å². The molecule has 0 aliphatic rings. The summed E-state index contributed by atoms with van der Waals surface area (Å²) < 4.78 is 41.2. The first-order chi connectivity index (χ1) is 18.5. The van der Waals surface area contributed by atoms with Crippen molar-refractivity contribution in [3.8, 4) is 5.75 Å². The van der Waals surface area contributed by atoms with Crippen molar-refractivity contribution in [3.05, 3.63) is 156 Å². The maximum absolute atomic E-state index is 12.0. The SMILES string of the molecule is [O-][Cl+3]([O-])([O-])Oc1ccc2nc3ccccc3cc2c1C(c1ccccc1)(c1ccccc1)c1ccccc1. The first-order valence-corrected chi connectivity index (χ1v) is 13.3. The Morgan fingerprint density at radius 1 is 0.553 bits per heavy atom. The molecule has 6 aromatic rings. The van der Waals surface area contributed by atoms with Crippen molar-refractivity contribution in [2.45, 2.75) is 5.41 Å². The van der Waals surface area contributed by atoms with Gasteiger partial charge in [0.15, 0.2) is 0 Å². The molecule has 0 saturated heterocycles. The summed E-state index contributed by atoms with van der Waals surface area (Å²) in [6.45, 7) is 0. The molecule has 0 saturated carbocycles. The van der Waals surface area contributed by atoms with Gasteiger partial charge >= 0.3 is 0 Å². The van der Waals surface area contributed by atoms with Crippen LogP contribution >= 0.6 is 0 Å². The van der Waals surface area contributed by atoms with Gasteiger partial charge in [0, 0.05) is 16.3 Å². The van der Waals surface area contributed by atoms with E-state index in [1.807, 2.05) is 121 Å². The molecule has 0 atom stereocenters. The van der Waals surface area contributed by atoms with E-state index in [0.29, 0.717) is 16.5 Å². The van der Waals surface area contributed by atoms with E-state index in [1.54, 1.807) is 6.07 Å². The lowest BCUT2D eigenvalue weighted by molar-refractivity contribution is -1.91. The van der Waals surface area contributed by atoms with Crippen LogP contribution in [-0.4, -0.2) is 4.98 Å². The third-order valence-corrected chi connectivity index (χ3v) is 7.19. The molecule has 0 radical (unpaired) electrons. The molecule has 5 nitrogen and oxygen atoms in total. The zero-order chi connectivity index (χ0) is 26.2. The number of nitrogens with zero attached hydrogens (tertiary/aromatic N) is 1. The number of pyridine rings is 1. The van der Waals surface area contributed by atoms with Crippen LogP contribution in [0.1, 0.15) is 22.3 Å². The summed E-state index contributed by atoms with van der Waals surface area (Å²) in [6, 6.07) is 42.4. The van der Waals surface area contributed by atoms with Crippen molar-refractivity contribution < 1.29 is 28.5 Å². The first kappa shape index (κ1) is 24.1. The van der Waals surface area contributed by atoms with Gasteiger partial charge in [-0.2, -0.15) is 14.0 Å². The first-order valence-electron chi connectivity index (χ1n) is 12.1. The number of aromatic nitrogens is 1. The topological polar surface area (TPSA) is 91.3 Å². The molecular formula is C32H22ClNO4. The quantitative estimate of drug-likeness (QED) is 0.244. The zero-order valence-corrected chi connectivity index (χ0v) is 20.9. The molecule has 0 bridgehead atoms. The molecule has 186 valence electrons. The van der Waals surface area contributed by atoms with Gasteiger partial charge in [-0.05, 0) is 41.0 Å². The Hall–Kier alpha value is -4.26. The van der Waals surface area contributed by atoms with E-state index < -0.39 is 15.7 Å². The highest BCUT2D eigenvalue weighted by Gasteiger charge is 2.44. The Labute approximate surface area is 222 Å². The molecule has 0 unspecified atom stereocenters. The molecule has 0 aliphatic carbocycles. The van der Waals surface area contributed by atoms with E-state index in [1.165, 1.54) is 6.07 Å². The van der Waals surface area contributed by atoms with Gasteiger partial charge in [0.05, 0.1) is 16.4 Å². The molecule has 0 amide bonds. The summed E-state index contributed by atoms with van der Waals surface area (Å²) in [7, 11) is -4.77. The minimum absolute atomic E-state index is 0.0530. The van der Waals surface area contributed by atoms with Crippen LogP contribution in [0.3, 0.4) is 0 Å². The summed E-state index contributed by atoms with van der Waals surface area (Å²) >= 11 is 0. The van der Waals surface area contributed by atoms with Crippen molar-refractivity contribution in [2.75, 3.05) is 0 Å². The third kappa shape index (κ3) is 4.18. The molecule has 0 N–H and O–H groups in total. The van der Waals surface area contributed by atoms with Gasteiger partial charge in [0.1, 0.15) is 10.2 Å². The lowest BCUT2D eigenvalue weighted by Crippen LogP contribution is -2.63. The second-order valence-electron chi connectivity index (χ2n) is 8.99. The van der Waals surface area contributed by atoms with E-state index in [9.17, 15) is 14.0 Å². The second kappa shape index (κ2) is 9.56. The number of hydrogen-bond acceptors (Lipinski definition) is 5. The van der Waals surface area contributed by atoms with Crippen LogP contribution < -0.4 is 18.3 Å². The lowest BCUT2D eigenvalue weighted by Gasteiger charge is -2.37. The van der Waals surface area contributed by atoms with Crippen molar-refractivity contribution in [1.82, 2.24) is 4.98 Å². The molecule has 5 aromatic carbocycles. The van der Waals surface area contributed by atoms with Gasteiger partial charge in [-0.1, -0.05) is 113 Å². The van der Waals surface area contributed by atoms with Gasteiger partial charge in [-0.15, -0.1) is 0 Å². The molecule has 0 spiro atoms. The van der Waals surface area contributed by atoms with Crippen LogP contribution in [0.5, 0.6) is 5.75 Å². The highest BCUT2D eigenvalue weighted by Crippen LogP contribution is 2.51. The lowest BCUT2D eigenvalue weighted by atomic mass is 9.64. The highest BCUT2D eigenvalue weighted by molar-refractivity contribution is 5.97. The summed E-state index contributed by atoms with van der Waals surface area (Å²) in [4.78, 5) is 4.89. The smallest absolute Gasteiger partial charge is 0.248 e. The number of fused-ring (bicyclic) bond motifs is 2. The van der Waals surface area contributed by atoms with Crippen LogP contribution in [0.4, 0.5) is 0 Å². The van der Waals surface area contributed by atoms with Crippen molar-refractivity contribution >= 4 is 21.8 Å². The second-order valence-corrected chi connectivity index (χ2v) is 9.90. The van der Waals surface area contributed by atoms with Gasteiger partial charge in [-0.3, -0.25) is 0 Å².